The predicted molar refractivity (Wildman–Crippen MR) is 51.2 cm³/mol. The maximum atomic E-state index is 11.3. The molecular weight excluding hydrogens is 182 g/mol. The van der Waals surface area contributed by atoms with Crippen LogP contribution in [0.5, 0.6) is 0 Å². The Hall–Kier alpha value is -1.36. The molecule has 0 aliphatic rings. The Bertz CT molecular complexity index is 272. The third-order valence-electron chi connectivity index (χ3n) is 1.87. The quantitative estimate of drug-likeness (QED) is 0.716. The van der Waals surface area contributed by atoms with Crippen molar-refractivity contribution in [3.05, 3.63) is 18.0 Å². The van der Waals surface area contributed by atoms with Crippen LogP contribution in [0.1, 0.15) is 25.5 Å². The fourth-order valence-corrected chi connectivity index (χ4v) is 1.08. The number of nitrogens with two attached hydrogens (primary N) is 1. The number of hydrogen-bond acceptors (Lipinski definition) is 4. The topological polar surface area (TPSA) is 81.2 Å². The van der Waals surface area contributed by atoms with Gasteiger partial charge in [0.2, 0.25) is 5.91 Å². The normalized spacial score (nSPS) is 12.4. The summed E-state index contributed by atoms with van der Waals surface area (Å²) in [5.74, 6) is -0.144. The molecule has 3 N–H and O–H groups in total. The summed E-state index contributed by atoms with van der Waals surface area (Å²) >= 11 is 0. The molecule has 0 saturated carbocycles. The molecule has 1 rings (SSSR count). The maximum absolute atomic E-state index is 11.3. The number of hydrogen-bond donors (Lipinski definition) is 2. The van der Waals surface area contributed by atoms with Gasteiger partial charge in [-0.2, -0.15) is 0 Å². The van der Waals surface area contributed by atoms with E-state index in [1.54, 1.807) is 6.07 Å². The van der Waals surface area contributed by atoms with E-state index in [0.29, 0.717) is 18.7 Å². The van der Waals surface area contributed by atoms with Crippen molar-refractivity contribution in [2.75, 3.05) is 0 Å². The van der Waals surface area contributed by atoms with Gasteiger partial charge in [-0.25, -0.2) is 0 Å². The molecule has 5 heteroatoms. The number of nitrogens with zero attached hydrogens (tertiary/aromatic N) is 1. The van der Waals surface area contributed by atoms with Crippen LogP contribution >= 0.6 is 0 Å². The number of amides is 1. The zero-order valence-corrected chi connectivity index (χ0v) is 8.19. The van der Waals surface area contributed by atoms with Crippen LogP contribution in [0.15, 0.2) is 16.9 Å². The first kappa shape index (κ1) is 10.7. The Morgan fingerprint density at radius 3 is 3.14 bits per heavy atom. The molecule has 1 atom stereocenters. The van der Waals surface area contributed by atoms with Gasteiger partial charge in [0.25, 0.3) is 0 Å². The zero-order chi connectivity index (χ0) is 10.4. The lowest BCUT2D eigenvalue weighted by Crippen LogP contribution is -2.40. The van der Waals surface area contributed by atoms with Crippen LogP contribution in [0.3, 0.4) is 0 Å². The van der Waals surface area contributed by atoms with Crippen LogP contribution in [0, 0.1) is 0 Å². The summed E-state index contributed by atoms with van der Waals surface area (Å²) in [5, 5.41) is 6.35. The minimum Gasteiger partial charge on any atom is -0.364 e. The molecule has 0 radical (unpaired) electrons. The Morgan fingerprint density at radius 1 is 1.79 bits per heavy atom. The van der Waals surface area contributed by atoms with E-state index < -0.39 is 6.04 Å². The summed E-state index contributed by atoms with van der Waals surface area (Å²) in [6.45, 7) is 2.36. The maximum Gasteiger partial charge on any atom is 0.237 e. The van der Waals surface area contributed by atoms with E-state index in [4.69, 9.17) is 5.73 Å². The molecule has 0 bridgehead atoms. The van der Waals surface area contributed by atoms with Crippen molar-refractivity contribution < 1.29 is 9.32 Å². The SMILES string of the molecule is CCC[C@H](N)C(=O)NCc1ccon1. The highest BCUT2D eigenvalue weighted by Crippen LogP contribution is 1.96. The molecule has 0 aliphatic carbocycles. The van der Waals surface area contributed by atoms with E-state index in [2.05, 4.69) is 15.0 Å². The molecule has 0 unspecified atom stereocenters. The average molecular weight is 197 g/mol. The van der Waals surface area contributed by atoms with Crippen LogP contribution in [-0.4, -0.2) is 17.1 Å². The second-order valence-corrected chi connectivity index (χ2v) is 3.10. The second kappa shape index (κ2) is 5.39. The highest BCUT2D eigenvalue weighted by molar-refractivity contribution is 5.81. The van der Waals surface area contributed by atoms with Crippen molar-refractivity contribution in [2.45, 2.75) is 32.4 Å². The number of rotatable bonds is 5. The molecule has 1 amide bonds. The van der Waals surface area contributed by atoms with E-state index in [0.717, 1.165) is 6.42 Å². The third-order valence-corrected chi connectivity index (χ3v) is 1.87. The van der Waals surface area contributed by atoms with Gasteiger partial charge in [-0.05, 0) is 6.42 Å². The van der Waals surface area contributed by atoms with Crippen LogP contribution in [-0.2, 0) is 11.3 Å². The molecule has 0 spiro atoms. The van der Waals surface area contributed by atoms with E-state index in [1.165, 1.54) is 6.26 Å². The van der Waals surface area contributed by atoms with Crippen molar-refractivity contribution in [2.24, 2.45) is 5.73 Å². The van der Waals surface area contributed by atoms with Gasteiger partial charge in [-0.1, -0.05) is 18.5 Å². The number of carbonyl (C=O) groups excluding carboxylic acids is 1. The van der Waals surface area contributed by atoms with Crippen LogP contribution in [0.25, 0.3) is 0 Å². The highest BCUT2D eigenvalue weighted by Gasteiger charge is 2.11. The highest BCUT2D eigenvalue weighted by atomic mass is 16.5. The van der Waals surface area contributed by atoms with Crippen LogP contribution < -0.4 is 11.1 Å². The average Bonchev–Trinajstić information content (AvgIpc) is 2.67. The van der Waals surface area contributed by atoms with E-state index in [1.807, 2.05) is 6.92 Å². The molecule has 0 saturated heterocycles. The molecule has 1 aromatic heterocycles. The largest absolute Gasteiger partial charge is 0.364 e. The first-order chi connectivity index (χ1) is 6.74. The first-order valence-electron chi connectivity index (χ1n) is 4.66. The minimum absolute atomic E-state index is 0.144. The van der Waals surface area contributed by atoms with Gasteiger partial charge >= 0.3 is 0 Å². The summed E-state index contributed by atoms with van der Waals surface area (Å²) in [6.07, 6.45) is 3.07. The van der Waals surface area contributed by atoms with Gasteiger partial charge in [0, 0.05) is 6.07 Å². The molecule has 5 nitrogen and oxygen atoms in total. The molecule has 1 aromatic rings. The Morgan fingerprint density at radius 2 is 2.57 bits per heavy atom. The molecule has 14 heavy (non-hydrogen) atoms. The fourth-order valence-electron chi connectivity index (χ4n) is 1.08. The van der Waals surface area contributed by atoms with Gasteiger partial charge in [0.15, 0.2) is 0 Å². The van der Waals surface area contributed by atoms with E-state index >= 15 is 0 Å². The molecule has 0 aromatic carbocycles. The van der Waals surface area contributed by atoms with Gasteiger partial charge in [-0.3, -0.25) is 4.79 Å². The van der Waals surface area contributed by atoms with Crippen molar-refractivity contribution in [1.29, 1.82) is 0 Å². The summed E-state index contributed by atoms with van der Waals surface area (Å²) in [4.78, 5) is 11.3. The second-order valence-electron chi connectivity index (χ2n) is 3.10. The van der Waals surface area contributed by atoms with Gasteiger partial charge in [-0.15, -0.1) is 0 Å². The fraction of sp³-hybridized carbons (Fsp3) is 0.556. The summed E-state index contributed by atoms with van der Waals surface area (Å²) in [5.41, 5.74) is 6.31. The third kappa shape index (κ3) is 3.18. The van der Waals surface area contributed by atoms with Gasteiger partial charge in [0.05, 0.1) is 12.6 Å². The van der Waals surface area contributed by atoms with Gasteiger partial charge < -0.3 is 15.6 Å². The molecule has 78 valence electrons. The van der Waals surface area contributed by atoms with Crippen molar-refractivity contribution in [1.82, 2.24) is 10.5 Å². The monoisotopic (exact) mass is 197 g/mol. The minimum atomic E-state index is -0.424. The Labute approximate surface area is 82.6 Å². The Kier molecular flexibility index (Phi) is 4.12. The molecule has 1 heterocycles. The van der Waals surface area contributed by atoms with Crippen LogP contribution in [0.2, 0.25) is 0 Å². The predicted octanol–water partition coefficient (Wildman–Crippen LogP) is 0.418. The zero-order valence-electron chi connectivity index (χ0n) is 8.19. The van der Waals surface area contributed by atoms with Crippen LogP contribution in [0.4, 0.5) is 0 Å². The van der Waals surface area contributed by atoms with Gasteiger partial charge in [0.1, 0.15) is 12.0 Å². The van der Waals surface area contributed by atoms with Crippen molar-refractivity contribution >= 4 is 5.91 Å². The lowest BCUT2D eigenvalue weighted by Gasteiger charge is -2.09. The number of aromatic nitrogens is 1. The van der Waals surface area contributed by atoms with Crippen molar-refractivity contribution in [3.8, 4) is 0 Å². The smallest absolute Gasteiger partial charge is 0.237 e. The summed E-state index contributed by atoms with van der Waals surface area (Å²) in [6, 6.07) is 1.28. The van der Waals surface area contributed by atoms with E-state index in [-0.39, 0.29) is 5.91 Å². The lowest BCUT2D eigenvalue weighted by atomic mass is 10.2. The lowest BCUT2D eigenvalue weighted by molar-refractivity contribution is -0.122. The van der Waals surface area contributed by atoms with E-state index in [9.17, 15) is 4.79 Å². The number of nitrogens with one attached hydrogen (secondary N) is 1. The first-order valence-corrected chi connectivity index (χ1v) is 4.66. The molecule has 0 aliphatic heterocycles. The standard InChI is InChI=1S/C9H15N3O2/c1-2-3-8(10)9(13)11-6-7-4-5-14-12-7/h4-5,8H,2-3,6,10H2,1H3,(H,11,13)/t8-/m0/s1. The Balaban J connectivity index is 2.27. The molecular formula is C9H15N3O2. The van der Waals surface area contributed by atoms with Crippen molar-refractivity contribution in [3.63, 3.8) is 0 Å². The summed E-state index contributed by atoms with van der Waals surface area (Å²) < 4.78 is 4.62. The number of carbonyl (C=O) groups is 1. The summed E-state index contributed by atoms with van der Waals surface area (Å²) in [7, 11) is 0. The molecule has 0 fully saturated rings.